The summed E-state index contributed by atoms with van der Waals surface area (Å²) in [6.45, 7) is -1.19. The van der Waals surface area contributed by atoms with Crippen LogP contribution in [0, 0.1) is 0 Å². The summed E-state index contributed by atoms with van der Waals surface area (Å²) >= 11 is 0. The van der Waals surface area contributed by atoms with E-state index in [9.17, 15) is 45.6 Å². The molecule has 0 unspecified atom stereocenters. The van der Waals surface area contributed by atoms with Gasteiger partial charge in [-0.25, -0.2) is 0 Å². The second kappa shape index (κ2) is 13.4. The molecule has 16 nitrogen and oxygen atoms in total. The molecule has 16 heteroatoms. The summed E-state index contributed by atoms with van der Waals surface area (Å²) in [7, 11) is 2.69. The summed E-state index contributed by atoms with van der Waals surface area (Å²) in [5.41, 5.74) is -0.0356. The van der Waals surface area contributed by atoms with E-state index in [1.807, 2.05) is 0 Å². The van der Waals surface area contributed by atoms with Gasteiger partial charge in [0.05, 0.1) is 27.4 Å². The van der Waals surface area contributed by atoms with Crippen LogP contribution in [0.3, 0.4) is 0 Å². The van der Waals surface area contributed by atoms with Gasteiger partial charge in [-0.15, -0.1) is 0 Å². The number of phenols is 1. The number of rotatable bonds is 9. The lowest BCUT2D eigenvalue weighted by Gasteiger charge is -2.42. The monoisotopic (exact) mass is 638 g/mol. The van der Waals surface area contributed by atoms with Gasteiger partial charge in [-0.2, -0.15) is 0 Å². The van der Waals surface area contributed by atoms with E-state index in [0.717, 1.165) is 0 Å². The maximum Gasteiger partial charge on any atom is 0.229 e. The third kappa shape index (κ3) is 6.30. The molecule has 2 aromatic carbocycles. The highest BCUT2D eigenvalue weighted by atomic mass is 16.7. The van der Waals surface area contributed by atoms with E-state index in [4.69, 9.17) is 32.8 Å². The molecule has 0 bridgehead atoms. The van der Waals surface area contributed by atoms with Crippen molar-refractivity contribution in [1.29, 1.82) is 0 Å². The predicted octanol–water partition coefficient (Wildman–Crippen LogP) is -1.81. The van der Waals surface area contributed by atoms with Gasteiger partial charge in [-0.3, -0.25) is 4.79 Å². The van der Waals surface area contributed by atoms with Gasteiger partial charge in [0.1, 0.15) is 71.3 Å². The molecule has 3 aromatic rings. The Balaban J connectivity index is 1.29. The van der Waals surface area contributed by atoms with Gasteiger partial charge >= 0.3 is 0 Å². The number of phenolic OH excluding ortho intramolecular Hbond substituents is 1. The van der Waals surface area contributed by atoms with Crippen LogP contribution in [0.5, 0.6) is 23.0 Å². The molecule has 2 fully saturated rings. The summed E-state index contributed by atoms with van der Waals surface area (Å²) in [4.78, 5) is 12.9. The quantitative estimate of drug-likeness (QED) is 0.129. The fraction of sp³-hybridized carbons (Fsp3) is 0.483. The summed E-state index contributed by atoms with van der Waals surface area (Å²) in [6.07, 6.45) is -15.6. The highest BCUT2D eigenvalue weighted by Gasteiger charge is 2.47. The summed E-state index contributed by atoms with van der Waals surface area (Å²) in [5.74, 6) is 0.0302. The molecule has 0 aliphatic carbocycles. The minimum atomic E-state index is -1.73. The number of fused-ring (bicyclic) bond motifs is 1. The molecular weight excluding hydrogens is 604 g/mol. The number of aliphatic hydroxyl groups excluding tert-OH is 7. The number of methoxy groups -OCH3 is 2. The van der Waals surface area contributed by atoms with E-state index in [1.165, 1.54) is 38.5 Å². The van der Waals surface area contributed by atoms with Crippen LogP contribution in [0.15, 0.2) is 45.6 Å². The Morgan fingerprint density at radius 2 is 1.40 bits per heavy atom. The lowest BCUT2D eigenvalue weighted by atomic mass is 9.98. The predicted molar refractivity (Wildman–Crippen MR) is 150 cm³/mol. The molecule has 2 saturated heterocycles. The van der Waals surface area contributed by atoms with Gasteiger partial charge in [0.15, 0.2) is 23.2 Å². The van der Waals surface area contributed by atoms with E-state index in [-0.39, 0.29) is 34.0 Å². The van der Waals surface area contributed by atoms with Crippen LogP contribution in [0.1, 0.15) is 0 Å². The molecule has 0 radical (unpaired) electrons. The Morgan fingerprint density at radius 1 is 0.778 bits per heavy atom. The molecular formula is C29H34O16. The first-order valence-corrected chi connectivity index (χ1v) is 13.8. The molecule has 0 amide bonds. The van der Waals surface area contributed by atoms with Crippen molar-refractivity contribution in [2.45, 2.75) is 61.4 Å². The van der Waals surface area contributed by atoms with Crippen molar-refractivity contribution >= 4 is 11.0 Å². The Labute approximate surface area is 254 Å². The Kier molecular flexibility index (Phi) is 9.80. The second-order valence-electron chi connectivity index (χ2n) is 10.5. The van der Waals surface area contributed by atoms with Crippen molar-refractivity contribution in [2.24, 2.45) is 0 Å². The molecule has 246 valence electrons. The fourth-order valence-electron chi connectivity index (χ4n) is 5.13. The lowest BCUT2D eigenvalue weighted by molar-refractivity contribution is -0.323. The van der Waals surface area contributed by atoms with Gasteiger partial charge in [-0.1, -0.05) is 0 Å². The molecule has 2 aliphatic heterocycles. The van der Waals surface area contributed by atoms with Crippen LogP contribution in [0.2, 0.25) is 0 Å². The minimum absolute atomic E-state index is 0.0148. The Morgan fingerprint density at radius 3 is 2.02 bits per heavy atom. The molecule has 45 heavy (non-hydrogen) atoms. The van der Waals surface area contributed by atoms with Gasteiger partial charge in [0.2, 0.25) is 12.0 Å². The number of benzene rings is 2. The van der Waals surface area contributed by atoms with Gasteiger partial charge in [0.25, 0.3) is 0 Å². The highest BCUT2D eigenvalue weighted by Crippen LogP contribution is 2.42. The van der Waals surface area contributed by atoms with Gasteiger partial charge in [-0.05, 0) is 24.3 Å². The first kappa shape index (κ1) is 32.8. The minimum Gasteiger partial charge on any atom is -0.504 e. The zero-order valence-corrected chi connectivity index (χ0v) is 24.0. The number of hydrogen-bond donors (Lipinski definition) is 8. The van der Waals surface area contributed by atoms with Crippen molar-refractivity contribution < 1.29 is 73.7 Å². The van der Waals surface area contributed by atoms with Gasteiger partial charge in [0, 0.05) is 17.7 Å². The van der Waals surface area contributed by atoms with E-state index < -0.39 is 85.8 Å². The van der Waals surface area contributed by atoms with E-state index in [2.05, 4.69) is 0 Å². The van der Waals surface area contributed by atoms with Crippen molar-refractivity contribution in [3.05, 3.63) is 46.6 Å². The van der Waals surface area contributed by atoms with Crippen LogP contribution in [-0.2, 0) is 14.2 Å². The zero-order chi connectivity index (χ0) is 32.6. The summed E-state index contributed by atoms with van der Waals surface area (Å²) < 4.78 is 38.2. The van der Waals surface area contributed by atoms with E-state index >= 15 is 0 Å². The Bertz CT molecular complexity index is 1520. The Hall–Kier alpha value is -3.55. The topological polar surface area (TPSA) is 247 Å². The van der Waals surface area contributed by atoms with Crippen LogP contribution in [0.25, 0.3) is 22.3 Å². The van der Waals surface area contributed by atoms with E-state index in [1.54, 1.807) is 12.1 Å². The number of aromatic hydroxyl groups is 1. The van der Waals surface area contributed by atoms with Crippen LogP contribution in [0.4, 0.5) is 0 Å². The second-order valence-corrected chi connectivity index (χ2v) is 10.5. The average Bonchev–Trinajstić information content (AvgIpc) is 3.04. The van der Waals surface area contributed by atoms with Crippen LogP contribution in [-0.4, -0.2) is 130 Å². The first-order chi connectivity index (χ1) is 21.5. The molecule has 0 saturated carbocycles. The van der Waals surface area contributed by atoms with Crippen LogP contribution >= 0.6 is 0 Å². The molecule has 3 heterocycles. The normalized spacial score (nSPS) is 31.9. The van der Waals surface area contributed by atoms with Crippen LogP contribution < -0.4 is 19.6 Å². The fourth-order valence-corrected chi connectivity index (χ4v) is 5.13. The molecule has 8 N–H and O–H groups in total. The maximum absolute atomic E-state index is 12.9. The third-order valence-corrected chi connectivity index (χ3v) is 7.67. The third-order valence-electron chi connectivity index (χ3n) is 7.67. The molecule has 10 atom stereocenters. The van der Waals surface area contributed by atoms with Crippen molar-refractivity contribution in [2.75, 3.05) is 27.4 Å². The number of aliphatic hydroxyl groups is 7. The standard InChI is InChI=1S/C29H34O16/c1-39-16-8-15-19(22(34)27(16)40-2)13(31)7-14(43-15)11-3-5-12(6-4-11)42-29-26(38)24(36)21(33)18(45-29)10-41-28-25(37)23(35)20(32)17(9-30)44-28/h3-8,17-18,20-21,23-26,28-30,32-38H,9-10H2,1-2H3/t17-,18-,20-,21-,23+,24+,25-,26-,28-,29-/m1/s1. The van der Waals surface area contributed by atoms with Crippen molar-refractivity contribution in [3.63, 3.8) is 0 Å². The summed E-state index contributed by atoms with van der Waals surface area (Å²) in [6, 6.07) is 8.63. The lowest BCUT2D eigenvalue weighted by Crippen LogP contribution is -2.62. The van der Waals surface area contributed by atoms with Gasteiger partial charge < -0.3 is 73.7 Å². The SMILES string of the molecule is COc1cc2oc(-c3ccc(O[C@@H]4O[C@H](CO[C@@H]5O[C@H](CO)[C@@H](O)[C@H](O)[C@H]5O)[C@@H](O)[C@H](O)[C@H]4O)cc3)cc(=O)c2c(O)c1OC. The molecule has 0 spiro atoms. The molecule has 1 aromatic heterocycles. The van der Waals surface area contributed by atoms with Crippen molar-refractivity contribution in [3.8, 4) is 34.3 Å². The maximum atomic E-state index is 12.9. The largest absolute Gasteiger partial charge is 0.504 e. The molecule has 2 aliphatic rings. The van der Waals surface area contributed by atoms with E-state index in [0.29, 0.717) is 5.56 Å². The number of ether oxygens (including phenoxy) is 6. The highest BCUT2D eigenvalue weighted by molar-refractivity contribution is 5.89. The smallest absolute Gasteiger partial charge is 0.229 e. The molecule has 5 rings (SSSR count). The van der Waals surface area contributed by atoms with Crippen molar-refractivity contribution in [1.82, 2.24) is 0 Å². The average molecular weight is 639 g/mol. The first-order valence-electron chi connectivity index (χ1n) is 13.8. The number of hydrogen-bond acceptors (Lipinski definition) is 16. The zero-order valence-electron chi connectivity index (χ0n) is 24.0. The summed E-state index contributed by atoms with van der Waals surface area (Å²) in [5, 5.41) is 81.2.